The molecule has 0 saturated heterocycles. The molecule has 0 spiro atoms. The van der Waals surface area contributed by atoms with Crippen molar-refractivity contribution < 1.29 is 14.7 Å². The Bertz CT molecular complexity index is 678. The predicted molar refractivity (Wildman–Crippen MR) is 78.3 cm³/mol. The van der Waals surface area contributed by atoms with Crippen LogP contribution in [0.15, 0.2) is 12.3 Å². The second-order valence-electron chi connectivity index (χ2n) is 4.73. The summed E-state index contributed by atoms with van der Waals surface area (Å²) in [4.78, 5) is 30.2. The number of carbonyl (C=O) groups excluding carboxylic acids is 1. The summed E-state index contributed by atoms with van der Waals surface area (Å²) in [6.07, 6.45) is 1.68. The highest BCUT2D eigenvalue weighted by atomic mass is 32.1. The van der Waals surface area contributed by atoms with Crippen LogP contribution in [0.1, 0.15) is 27.2 Å². The first kappa shape index (κ1) is 14.5. The van der Waals surface area contributed by atoms with Crippen LogP contribution in [0.2, 0.25) is 0 Å². The first-order valence-electron chi connectivity index (χ1n) is 6.23. The van der Waals surface area contributed by atoms with E-state index in [4.69, 9.17) is 5.11 Å². The van der Waals surface area contributed by atoms with Crippen LogP contribution in [0.3, 0.4) is 0 Å². The van der Waals surface area contributed by atoms with Crippen molar-refractivity contribution in [1.82, 2.24) is 9.88 Å². The van der Waals surface area contributed by atoms with Crippen LogP contribution < -0.4 is 0 Å². The molecular formula is C14H16N2O3S. The molecule has 1 amide bonds. The standard InChI is InChI=1S/C14H16N2O3S/c1-8-4-6-15-13-11(8)9(2)12(20-13)14(19)16(3)7-5-10(17)18/h4,6H,5,7H2,1-3H3,(H,17,18). The minimum atomic E-state index is -0.907. The molecule has 6 heteroatoms. The first-order chi connectivity index (χ1) is 9.41. The molecule has 0 radical (unpaired) electrons. The van der Waals surface area contributed by atoms with Gasteiger partial charge in [0.15, 0.2) is 0 Å². The highest BCUT2D eigenvalue weighted by Crippen LogP contribution is 2.32. The lowest BCUT2D eigenvalue weighted by Crippen LogP contribution is -2.28. The number of amides is 1. The van der Waals surface area contributed by atoms with E-state index in [9.17, 15) is 9.59 Å². The van der Waals surface area contributed by atoms with E-state index < -0.39 is 5.97 Å². The number of rotatable bonds is 4. The lowest BCUT2D eigenvalue weighted by Gasteiger charge is -2.15. The molecule has 0 unspecified atom stereocenters. The number of carboxylic acids is 1. The van der Waals surface area contributed by atoms with Gasteiger partial charge < -0.3 is 10.0 Å². The van der Waals surface area contributed by atoms with Crippen LogP contribution >= 0.6 is 11.3 Å². The Hall–Kier alpha value is -1.95. The zero-order valence-electron chi connectivity index (χ0n) is 11.6. The Balaban J connectivity index is 2.33. The molecule has 0 aliphatic heterocycles. The third kappa shape index (κ3) is 2.65. The molecule has 0 saturated carbocycles. The fraction of sp³-hybridized carbons (Fsp3) is 0.357. The van der Waals surface area contributed by atoms with Crippen molar-refractivity contribution in [1.29, 1.82) is 0 Å². The average Bonchev–Trinajstić information content (AvgIpc) is 2.73. The summed E-state index contributed by atoms with van der Waals surface area (Å²) in [6.45, 7) is 4.10. The quantitative estimate of drug-likeness (QED) is 0.939. The minimum Gasteiger partial charge on any atom is -0.481 e. The van der Waals surface area contributed by atoms with E-state index in [0.717, 1.165) is 21.3 Å². The van der Waals surface area contributed by atoms with Crippen LogP contribution in [-0.4, -0.2) is 40.5 Å². The Morgan fingerprint density at radius 3 is 2.70 bits per heavy atom. The number of pyridine rings is 1. The number of hydrogen-bond donors (Lipinski definition) is 1. The van der Waals surface area contributed by atoms with E-state index in [-0.39, 0.29) is 18.9 Å². The van der Waals surface area contributed by atoms with Crippen molar-refractivity contribution >= 4 is 33.4 Å². The van der Waals surface area contributed by atoms with Crippen molar-refractivity contribution in [3.63, 3.8) is 0 Å². The van der Waals surface area contributed by atoms with Gasteiger partial charge in [0.2, 0.25) is 0 Å². The van der Waals surface area contributed by atoms with Gasteiger partial charge in [-0.25, -0.2) is 4.98 Å². The second kappa shape index (κ2) is 5.58. The van der Waals surface area contributed by atoms with Crippen molar-refractivity contribution in [2.24, 2.45) is 0 Å². The normalized spacial score (nSPS) is 10.8. The smallest absolute Gasteiger partial charge is 0.305 e. The fourth-order valence-electron chi connectivity index (χ4n) is 2.10. The molecule has 2 aromatic rings. The number of thiophene rings is 1. The van der Waals surface area contributed by atoms with Gasteiger partial charge in [0.1, 0.15) is 4.83 Å². The summed E-state index contributed by atoms with van der Waals surface area (Å²) in [7, 11) is 1.62. The van der Waals surface area contributed by atoms with E-state index in [1.807, 2.05) is 19.9 Å². The zero-order valence-corrected chi connectivity index (χ0v) is 12.5. The van der Waals surface area contributed by atoms with Crippen LogP contribution in [-0.2, 0) is 4.79 Å². The summed E-state index contributed by atoms with van der Waals surface area (Å²) < 4.78 is 0. The summed E-state index contributed by atoms with van der Waals surface area (Å²) in [5.74, 6) is -1.05. The monoisotopic (exact) mass is 292 g/mol. The van der Waals surface area contributed by atoms with Gasteiger partial charge in [-0.3, -0.25) is 9.59 Å². The molecule has 0 aromatic carbocycles. The van der Waals surface area contributed by atoms with Gasteiger partial charge in [-0.15, -0.1) is 11.3 Å². The summed E-state index contributed by atoms with van der Waals surface area (Å²) in [5, 5.41) is 9.70. The van der Waals surface area contributed by atoms with Gasteiger partial charge >= 0.3 is 5.97 Å². The highest BCUT2D eigenvalue weighted by Gasteiger charge is 2.20. The number of aromatic nitrogens is 1. The number of carbonyl (C=O) groups is 2. The van der Waals surface area contributed by atoms with E-state index >= 15 is 0 Å². The van der Waals surface area contributed by atoms with Crippen LogP contribution in [0.25, 0.3) is 10.2 Å². The molecule has 0 bridgehead atoms. The molecule has 5 nitrogen and oxygen atoms in total. The molecule has 0 atom stereocenters. The van der Waals surface area contributed by atoms with Crippen molar-refractivity contribution in [3.05, 3.63) is 28.3 Å². The Kier molecular flexibility index (Phi) is 4.04. The molecule has 1 N–H and O–H groups in total. The molecular weight excluding hydrogens is 276 g/mol. The van der Waals surface area contributed by atoms with Gasteiger partial charge in [0.05, 0.1) is 11.3 Å². The van der Waals surface area contributed by atoms with Gasteiger partial charge in [0.25, 0.3) is 5.91 Å². The predicted octanol–water partition coefficient (Wildman–Crippen LogP) is 2.46. The van der Waals surface area contributed by atoms with Gasteiger partial charge in [-0.2, -0.15) is 0 Å². The summed E-state index contributed by atoms with van der Waals surface area (Å²) >= 11 is 1.36. The fourth-order valence-corrected chi connectivity index (χ4v) is 3.32. The Morgan fingerprint density at radius 2 is 2.10 bits per heavy atom. The largest absolute Gasteiger partial charge is 0.481 e. The maximum absolute atomic E-state index is 12.4. The summed E-state index contributed by atoms with van der Waals surface area (Å²) in [6, 6.07) is 1.92. The second-order valence-corrected chi connectivity index (χ2v) is 5.73. The Labute approximate surface area is 120 Å². The Morgan fingerprint density at radius 1 is 1.40 bits per heavy atom. The maximum atomic E-state index is 12.4. The molecule has 2 heterocycles. The van der Waals surface area contributed by atoms with E-state index in [2.05, 4.69) is 4.98 Å². The van der Waals surface area contributed by atoms with Crippen LogP contribution in [0.4, 0.5) is 0 Å². The lowest BCUT2D eigenvalue weighted by atomic mass is 10.1. The molecule has 0 aliphatic carbocycles. The molecule has 20 heavy (non-hydrogen) atoms. The van der Waals surface area contributed by atoms with Gasteiger partial charge in [0, 0.05) is 25.2 Å². The van der Waals surface area contributed by atoms with Crippen molar-refractivity contribution in [2.45, 2.75) is 20.3 Å². The van der Waals surface area contributed by atoms with E-state index in [0.29, 0.717) is 4.88 Å². The van der Waals surface area contributed by atoms with Crippen LogP contribution in [0, 0.1) is 13.8 Å². The van der Waals surface area contributed by atoms with Crippen LogP contribution in [0.5, 0.6) is 0 Å². The number of fused-ring (bicyclic) bond motifs is 1. The number of aryl methyl sites for hydroxylation is 2. The minimum absolute atomic E-state index is 0.0521. The van der Waals surface area contributed by atoms with Crippen molar-refractivity contribution in [2.75, 3.05) is 13.6 Å². The lowest BCUT2D eigenvalue weighted by molar-refractivity contribution is -0.137. The molecule has 0 aliphatic rings. The number of hydrogen-bond acceptors (Lipinski definition) is 4. The van der Waals surface area contributed by atoms with Crippen molar-refractivity contribution in [3.8, 4) is 0 Å². The molecule has 2 rings (SSSR count). The molecule has 106 valence electrons. The number of carboxylic acid groups (broad SMARTS) is 1. The number of nitrogens with zero attached hydrogens (tertiary/aromatic N) is 2. The zero-order chi connectivity index (χ0) is 14.9. The van der Waals surface area contributed by atoms with E-state index in [1.54, 1.807) is 13.2 Å². The first-order valence-corrected chi connectivity index (χ1v) is 7.05. The average molecular weight is 292 g/mol. The van der Waals surface area contributed by atoms with Gasteiger partial charge in [-0.05, 0) is 31.0 Å². The molecule has 2 aromatic heterocycles. The highest BCUT2D eigenvalue weighted by molar-refractivity contribution is 7.20. The van der Waals surface area contributed by atoms with E-state index in [1.165, 1.54) is 16.2 Å². The van der Waals surface area contributed by atoms with Gasteiger partial charge in [-0.1, -0.05) is 0 Å². The third-order valence-corrected chi connectivity index (χ3v) is 4.43. The summed E-state index contributed by atoms with van der Waals surface area (Å²) in [5.41, 5.74) is 2.01. The maximum Gasteiger partial charge on any atom is 0.305 e. The molecule has 0 fully saturated rings. The topological polar surface area (TPSA) is 70.5 Å². The number of aliphatic carboxylic acids is 1. The third-order valence-electron chi connectivity index (χ3n) is 3.24. The SMILES string of the molecule is Cc1ccnc2sc(C(=O)N(C)CCC(=O)O)c(C)c12.